The van der Waals surface area contributed by atoms with E-state index in [1.165, 1.54) is 26.2 Å². The fourth-order valence-corrected chi connectivity index (χ4v) is 2.31. The maximum absolute atomic E-state index is 12.7. The van der Waals surface area contributed by atoms with Crippen molar-refractivity contribution in [2.75, 3.05) is 47.3 Å². The smallest absolute Gasteiger partial charge is 0.259 e. The maximum Gasteiger partial charge on any atom is 0.259 e. The lowest BCUT2D eigenvalue weighted by atomic mass is 10.1. The number of carbonyl (C=O) groups excluding carboxylic acids is 2. The number of nitrogens with zero attached hydrogens (tertiary/aromatic N) is 1. The van der Waals surface area contributed by atoms with E-state index in [0.717, 1.165) is 0 Å². The van der Waals surface area contributed by atoms with E-state index in [4.69, 9.17) is 18.9 Å². The van der Waals surface area contributed by atoms with Crippen LogP contribution in [0.3, 0.4) is 0 Å². The number of benzene rings is 2. The Hall–Kier alpha value is -3.42. The van der Waals surface area contributed by atoms with Crippen LogP contribution >= 0.6 is 0 Å². The summed E-state index contributed by atoms with van der Waals surface area (Å²) in [5, 5.41) is 2.79. The molecule has 2 amide bonds. The van der Waals surface area contributed by atoms with Gasteiger partial charge in [0.15, 0.2) is 18.1 Å². The van der Waals surface area contributed by atoms with E-state index in [0.29, 0.717) is 34.2 Å². The van der Waals surface area contributed by atoms with Gasteiger partial charge >= 0.3 is 0 Å². The second kappa shape index (κ2) is 9.50. The Balaban J connectivity index is 2.11. The predicted octanol–water partition coefficient (Wildman–Crippen LogP) is 2.43. The van der Waals surface area contributed by atoms with Gasteiger partial charge in [0, 0.05) is 31.9 Å². The number of amides is 2. The lowest BCUT2D eigenvalue weighted by Gasteiger charge is -2.14. The summed E-state index contributed by atoms with van der Waals surface area (Å²) in [6.45, 7) is -0.0540. The molecule has 0 heterocycles. The maximum atomic E-state index is 12.7. The standard InChI is InChI=1S/C20H24N2O6/c1-22(2)19(23)12-28-14-8-6-13(7-9-14)21-20(24)15-10-17(26-4)18(27-5)11-16(15)25-3/h6-11H,12H2,1-5H3,(H,21,24). The molecule has 0 bridgehead atoms. The fraction of sp³-hybridized carbons (Fsp3) is 0.300. The second-order valence-electron chi connectivity index (χ2n) is 5.96. The molecule has 0 saturated carbocycles. The van der Waals surface area contributed by atoms with E-state index < -0.39 is 0 Å². The molecule has 0 spiro atoms. The van der Waals surface area contributed by atoms with Gasteiger partial charge in [-0.05, 0) is 24.3 Å². The molecule has 2 aromatic rings. The van der Waals surface area contributed by atoms with E-state index in [2.05, 4.69) is 5.32 Å². The first kappa shape index (κ1) is 20.9. The molecule has 0 aliphatic rings. The largest absolute Gasteiger partial charge is 0.496 e. The Labute approximate surface area is 163 Å². The van der Waals surface area contributed by atoms with Gasteiger partial charge in [0.2, 0.25) is 0 Å². The molecule has 28 heavy (non-hydrogen) atoms. The molecule has 150 valence electrons. The van der Waals surface area contributed by atoms with Crippen LogP contribution in [-0.4, -0.2) is 58.7 Å². The molecule has 0 aromatic heterocycles. The summed E-state index contributed by atoms with van der Waals surface area (Å²) in [5.41, 5.74) is 0.866. The van der Waals surface area contributed by atoms with Crippen LogP contribution in [-0.2, 0) is 4.79 Å². The number of likely N-dealkylation sites (N-methyl/N-ethyl adjacent to an activating group) is 1. The summed E-state index contributed by atoms with van der Waals surface area (Å²) in [5.74, 6) is 1.26. The normalized spacial score (nSPS) is 10.0. The molecule has 0 aliphatic carbocycles. The van der Waals surface area contributed by atoms with E-state index in [1.807, 2.05) is 0 Å². The van der Waals surface area contributed by atoms with Crippen LogP contribution < -0.4 is 24.3 Å². The van der Waals surface area contributed by atoms with Gasteiger partial charge < -0.3 is 29.2 Å². The Morgan fingerprint density at radius 1 is 0.893 bits per heavy atom. The summed E-state index contributed by atoms with van der Waals surface area (Å²) in [6, 6.07) is 9.85. The molecule has 1 N–H and O–H groups in total. The van der Waals surface area contributed by atoms with E-state index in [-0.39, 0.29) is 18.4 Å². The SMILES string of the molecule is COc1cc(OC)c(C(=O)Nc2ccc(OCC(=O)N(C)C)cc2)cc1OC. The molecule has 8 heteroatoms. The number of nitrogens with one attached hydrogen (secondary N) is 1. The van der Waals surface area contributed by atoms with Crippen LogP contribution in [0.25, 0.3) is 0 Å². The van der Waals surface area contributed by atoms with Crippen molar-refractivity contribution in [1.82, 2.24) is 4.90 Å². The highest BCUT2D eigenvalue weighted by Gasteiger charge is 2.18. The topological polar surface area (TPSA) is 86.3 Å². The van der Waals surface area contributed by atoms with Gasteiger partial charge in [-0.15, -0.1) is 0 Å². The predicted molar refractivity (Wildman–Crippen MR) is 105 cm³/mol. The van der Waals surface area contributed by atoms with Gasteiger partial charge in [0.05, 0.1) is 26.9 Å². The molecule has 0 saturated heterocycles. The average molecular weight is 388 g/mol. The number of ether oxygens (including phenoxy) is 4. The number of rotatable bonds is 8. The first-order chi connectivity index (χ1) is 13.4. The van der Waals surface area contributed by atoms with E-state index in [9.17, 15) is 9.59 Å². The van der Waals surface area contributed by atoms with Crippen molar-refractivity contribution in [3.63, 3.8) is 0 Å². The lowest BCUT2D eigenvalue weighted by molar-refractivity contribution is -0.130. The highest BCUT2D eigenvalue weighted by Crippen LogP contribution is 2.35. The van der Waals surface area contributed by atoms with Crippen molar-refractivity contribution < 1.29 is 28.5 Å². The monoisotopic (exact) mass is 388 g/mol. The van der Waals surface area contributed by atoms with Gasteiger partial charge in [-0.2, -0.15) is 0 Å². The Kier molecular flexibility index (Phi) is 7.08. The minimum Gasteiger partial charge on any atom is -0.496 e. The first-order valence-electron chi connectivity index (χ1n) is 8.44. The molecular formula is C20H24N2O6. The molecular weight excluding hydrogens is 364 g/mol. The second-order valence-corrected chi connectivity index (χ2v) is 5.96. The molecule has 0 fully saturated rings. The van der Waals surface area contributed by atoms with Crippen LogP contribution in [0.15, 0.2) is 36.4 Å². The summed E-state index contributed by atoms with van der Waals surface area (Å²) in [4.78, 5) is 25.7. The quantitative estimate of drug-likeness (QED) is 0.748. The molecule has 0 radical (unpaired) electrons. The van der Waals surface area contributed by atoms with Crippen molar-refractivity contribution in [1.29, 1.82) is 0 Å². The van der Waals surface area contributed by atoms with Crippen LogP contribution in [0, 0.1) is 0 Å². The van der Waals surface area contributed by atoms with Crippen LogP contribution in [0.2, 0.25) is 0 Å². The highest BCUT2D eigenvalue weighted by molar-refractivity contribution is 6.06. The zero-order valence-corrected chi connectivity index (χ0v) is 16.6. The average Bonchev–Trinajstić information content (AvgIpc) is 2.71. The summed E-state index contributed by atoms with van der Waals surface area (Å²) >= 11 is 0. The van der Waals surface area contributed by atoms with Crippen molar-refractivity contribution in [2.45, 2.75) is 0 Å². The fourth-order valence-electron chi connectivity index (χ4n) is 2.31. The Morgan fingerprint density at radius 2 is 1.46 bits per heavy atom. The van der Waals surface area contributed by atoms with Gasteiger partial charge in [0.25, 0.3) is 11.8 Å². The molecule has 8 nitrogen and oxygen atoms in total. The minimum atomic E-state index is -0.366. The first-order valence-corrected chi connectivity index (χ1v) is 8.44. The van der Waals surface area contributed by atoms with Crippen molar-refractivity contribution in [3.05, 3.63) is 42.0 Å². The molecule has 2 aromatic carbocycles. The van der Waals surface area contributed by atoms with Crippen molar-refractivity contribution in [2.24, 2.45) is 0 Å². The molecule has 0 unspecified atom stereocenters. The van der Waals surface area contributed by atoms with Crippen LogP contribution in [0.4, 0.5) is 5.69 Å². The Bertz CT molecular complexity index is 833. The van der Waals surface area contributed by atoms with Gasteiger partial charge in [-0.25, -0.2) is 0 Å². The molecule has 0 atom stereocenters. The van der Waals surface area contributed by atoms with Gasteiger partial charge in [-0.1, -0.05) is 0 Å². The number of anilines is 1. The van der Waals surface area contributed by atoms with Crippen molar-refractivity contribution >= 4 is 17.5 Å². The summed E-state index contributed by atoms with van der Waals surface area (Å²) in [6.07, 6.45) is 0. The summed E-state index contributed by atoms with van der Waals surface area (Å²) in [7, 11) is 7.79. The number of methoxy groups -OCH3 is 3. The van der Waals surface area contributed by atoms with Crippen molar-refractivity contribution in [3.8, 4) is 23.0 Å². The third-order valence-electron chi connectivity index (χ3n) is 3.92. The van der Waals surface area contributed by atoms with Gasteiger partial charge in [0.1, 0.15) is 11.5 Å². The van der Waals surface area contributed by atoms with E-state index >= 15 is 0 Å². The van der Waals surface area contributed by atoms with Crippen LogP contribution in [0.1, 0.15) is 10.4 Å². The third kappa shape index (κ3) is 5.06. The summed E-state index contributed by atoms with van der Waals surface area (Å²) < 4.78 is 21.2. The third-order valence-corrected chi connectivity index (χ3v) is 3.92. The van der Waals surface area contributed by atoms with E-state index in [1.54, 1.807) is 50.5 Å². The minimum absolute atomic E-state index is 0.0540. The zero-order valence-electron chi connectivity index (χ0n) is 16.6. The number of hydrogen-bond acceptors (Lipinski definition) is 6. The molecule has 2 rings (SSSR count). The number of hydrogen-bond donors (Lipinski definition) is 1. The molecule has 0 aliphatic heterocycles. The lowest BCUT2D eigenvalue weighted by Crippen LogP contribution is -2.27. The van der Waals surface area contributed by atoms with Crippen LogP contribution in [0.5, 0.6) is 23.0 Å². The zero-order chi connectivity index (χ0) is 20.7. The Morgan fingerprint density at radius 3 is 2.00 bits per heavy atom. The van der Waals surface area contributed by atoms with Gasteiger partial charge in [-0.3, -0.25) is 9.59 Å². The number of carbonyl (C=O) groups is 2. The highest BCUT2D eigenvalue weighted by atomic mass is 16.5.